The molecule has 1 fully saturated rings. The number of carbonyl (C=O) groups is 1. The van der Waals surface area contributed by atoms with Gasteiger partial charge in [0, 0.05) is 17.1 Å². The lowest BCUT2D eigenvalue weighted by atomic mass is 9.95. The molecule has 0 saturated heterocycles. The van der Waals surface area contributed by atoms with Crippen LogP contribution in [0.3, 0.4) is 0 Å². The van der Waals surface area contributed by atoms with Gasteiger partial charge in [0.15, 0.2) is 0 Å². The number of benzene rings is 1. The second-order valence-corrected chi connectivity index (χ2v) is 6.01. The highest BCUT2D eigenvalue weighted by molar-refractivity contribution is 6.30. The van der Waals surface area contributed by atoms with Gasteiger partial charge in [0.05, 0.1) is 19.1 Å². The lowest BCUT2D eigenvalue weighted by Crippen LogP contribution is -2.53. The first-order chi connectivity index (χ1) is 9.48. The number of hydrogen-bond donors (Lipinski definition) is 2. The van der Waals surface area contributed by atoms with Crippen LogP contribution < -0.4 is 15.8 Å². The Kier molecular flexibility index (Phi) is 6.32. The molecule has 0 heterocycles. The molecule has 0 aliphatic heterocycles. The topological polar surface area (TPSA) is 64.3 Å². The van der Waals surface area contributed by atoms with E-state index < -0.39 is 0 Å². The Hall–Kier alpha value is -0.970. The van der Waals surface area contributed by atoms with E-state index in [1.165, 1.54) is 0 Å². The number of ether oxygens (including phenoxy) is 1. The monoisotopic (exact) mass is 332 g/mol. The number of rotatable bonds is 6. The summed E-state index contributed by atoms with van der Waals surface area (Å²) in [5.74, 6) is 1.12. The van der Waals surface area contributed by atoms with Crippen molar-refractivity contribution in [2.45, 2.75) is 31.7 Å². The summed E-state index contributed by atoms with van der Waals surface area (Å²) in [6.07, 6.45) is 2.51. The van der Waals surface area contributed by atoms with E-state index >= 15 is 0 Å². The van der Waals surface area contributed by atoms with Gasteiger partial charge in [0.25, 0.3) is 0 Å². The summed E-state index contributed by atoms with van der Waals surface area (Å²) in [6, 6.07) is 5.28. The van der Waals surface area contributed by atoms with Gasteiger partial charge in [-0.05, 0) is 43.9 Å². The van der Waals surface area contributed by atoms with E-state index in [0.717, 1.165) is 18.4 Å². The van der Waals surface area contributed by atoms with Crippen LogP contribution in [0.4, 0.5) is 0 Å². The fourth-order valence-corrected chi connectivity index (χ4v) is 2.66. The molecule has 0 spiro atoms. The quantitative estimate of drug-likeness (QED) is 0.841. The molecule has 6 heteroatoms. The first-order valence-electron chi connectivity index (χ1n) is 6.82. The van der Waals surface area contributed by atoms with Crippen molar-refractivity contribution >= 4 is 29.9 Å². The highest BCUT2D eigenvalue weighted by atomic mass is 35.5. The third kappa shape index (κ3) is 4.50. The smallest absolute Gasteiger partial charge is 0.225 e. The largest absolute Gasteiger partial charge is 0.496 e. The maximum Gasteiger partial charge on any atom is 0.225 e. The van der Waals surface area contributed by atoms with Crippen molar-refractivity contribution in [1.82, 2.24) is 5.32 Å². The number of methoxy groups -OCH3 is 1. The van der Waals surface area contributed by atoms with Crippen LogP contribution in [0.15, 0.2) is 18.2 Å². The zero-order chi connectivity index (χ0) is 14.8. The van der Waals surface area contributed by atoms with Gasteiger partial charge in [-0.1, -0.05) is 11.6 Å². The Morgan fingerprint density at radius 2 is 2.19 bits per heavy atom. The molecule has 1 amide bonds. The van der Waals surface area contributed by atoms with Gasteiger partial charge in [-0.15, -0.1) is 12.4 Å². The van der Waals surface area contributed by atoms with Crippen molar-refractivity contribution in [2.24, 2.45) is 11.7 Å². The summed E-state index contributed by atoms with van der Waals surface area (Å²) in [7, 11) is 1.58. The lowest BCUT2D eigenvalue weighted by Gasteiger charge is -2.29. The molecular formula is C15H22Cl2N2O2. The zero-order valence-electron chi connectivity index (χ0n) is 12.3. The Balaban J connectivity index is 0.00000220. The molecule has 0 radical (unpaired) electrons. The SMILES string of the molecule is COc1ccc(Cl)cc1CC(=O)NC(C)(CN)C1CC1.Cl. The van der Waals surface area contributed by atoms with E-state index in [1.807, 2.05) is 6.92 Å². The fourth-order valence-electron chi connectivity index (χ4n) is 2.46. The van der Waals surface area contributed by atoms with Crippen molar-refractivity contribution in [3.8, 4) is 5.75 Å². The van der Waals surface area contributed by atoms with Crippen molar-refractivity contribution in [3.05, 3.63) is 28.8 Å². The first-order valence-corrected chi connectivity index (χ1v) is 7.20. The van der Waals surface area contributed by atoms with Crippen molar-refractivity contribution in [2.75, 3.05) is 13.7 Å². The lowest BCUT2D eigenvalue weighted by molar-refractivity contribution is -0.122. The summed E-state index contributed by atoms with van der Waals surface area (Å²) in [5, 5.41) is 3.66. The van der Waals surface area contributed by atoms with E-state index in [-0.39, 0.29) is 30.3 Å². The van der Waals surface area contributed by atoms with Gasteiger partial charge in [-0.25, -0.2) is 0 Å². The zero-order valence-corrected chi connectivity index (χ0v) is 13.9. The van der Waals surface area contributed by atoms with Crippen LogP contribution in [0.1, 0.15) is 25.3 Å². The molecule has 118 valence electrons. The minimum absolute atomic E-state index is 0. The van der Waals surface area contributed by atoms with E-state index in [2.05, 4.69) is 5.32 Å². The molecule has 1 atom stereocenters. The second-order valence-electron chi connectivity index (χ2n) is 5.58. The normalized spacial score (nSPS) is 16.6. The van der Waals surface area contributed by atoms with Crippen LogP contribution in [0.5, 0.6) is 5.75 Å². The van der Waals surface area contributed by atoms with Crippen LogP contribution >= 0.6 is 24.0 Å². The number of nitrogens with two attached hydrogens (primary N) is 1. The summed E-state index contributed by atoms with van der Waals surface area (Å²) in [4.78, 5) is 12.2. The van der Waals surface area contributed by atoms with Crippen LogP contribution in [-0.2, 0) is 11.2 Å². The van der Waals surface area contributed by atoms with Crippen LogP contribution in [0.2, 0.25) is 5.02 Å². The van der Waals surface area contributed by atoms with Crippen molar-refractivity contribution in [1.29, 1.82) is 0 Å². The Labute approximate surface area is 136 Å². The second kappa shape index (κ2) is 7.34. The molecule has 1 unspecified atom stereocenters. The van der Waals surface area contributed by atoms with Gasteiger partial charge in [0.1, 0.15) is 5.75 Å². The van der Waals surface area contributed by atoms with Gasteiger partial charge in [-0.3, -0.25) is 4.79 Å². The van der Waals surface area contributed by atoms with E-state index in [9.17, 15) is 4.79 Å². The summed E-state index contributed by atoms with van der Waals surface area (Å²) < 4.78 is 5.25. The highest BCUT2D eigenvalue weighted by Gasteiger charge is 2.41. The number of nitrogens with one attached hydrogen (secondary N) is 1. The summed E-state index contributed by atoms with van der Waals surface area (Å²) in [5.41, 5.74) is 6.29. The number of amides is 1. The predicted octanol–water partition coefficient (Wildman–Crippen LogP) is 2.56. The molecule has 3 N–H and O–H groups in total. The fraction of sp³-hybridized carbons (Fsp3) is 0.533. The molecular weight excluding hydrogens is 311 g/mol. The number of carbonyl (C=O) groups excluding carboxylic acids is 1. The molecule has 4 nitrogen and oxygen atoms in total. The van der Waals surface area contributed by atoms with Crippen LogP contribution in [0.25, 0.3) is 0 Å². The minimum Gasteiger partial charge on any atom is -0.496 e. The molecule has 21 heavy (non-hydrogen) atoms. The maximum absolute atomic E-state index is 12.2. The van der Waals surface area contributed by atoms with Crippen molar-refractivity contribution < 1.29 is 9.53 Å². The molecule has 0 bridgehead atoms. The Bertz CT molecular complexity index is 506. The third-order valence-corrected chi connectivity index (χ3v) is 4.16. The van der Waals surface area contributed by atoms with Gasteiger partial charge >= 0.3 is 0 Å². The van der Waals surface area contributed by atoms with Crippen LogP contribution in [0, 0.1) is 5.92 Å². The van der Waals surface area contributed by atoms with E-state index in [4.69, 9.17) is 22.1 Å². The van der Waals surface area contributed by atoms with Gasteiger partial charge in [0.2, 0.25) is 5.91 Å². The molecule has 2 rings (SSSR count). The molecule has 1 aliphatic rings. The average molecular weight is 333 g/mol. The van der Waals surface area contributed by atoms with Crippen LogP contribution in [-0.4, -0.2) is 25.1 Å². The summed E-state index contributed by atoms with van der Waals surface area (Å²) >= 11 is 5.97. The number of hydrogen-bond acceptors (Lipinski definition) is 3. The maximum atomic E-state index is 12.2. The Morgan fingerprint density at radius 1 is 1.52 bits per heavy atom. The third-order valence-electron chi connectivity index (χ3n) is 3.92. The molecule has 1 aliphatic carbocycles. The van der Waals surface area contributed by atoms with E-state index in [1.54, 1.807) is 25.3 Å². The number of halogens is 2. The summed E-state index contributed by atoms with van der Waals surface area (Å²) in [6.45, 7) is 2.47. The minimum atomic E-state index is -0.303. The molecule has 0 aromatic heterocycles. The predicted molar refractivity (Wildman–Crippen MR) is 87.3 cm³/mol. The molecule has 1 saturated carbocycles. The van der Waals surface area contributed by atoms with Crippen molar-refractivity contribution in [3.63, 3.8) is 0 Å². The standard InChI is InChI=1S/C15H21ClN2O2.ClH/c1-15(9-17,11-3-4-11)18-14(19)8-10-7-12(16)5-6-13(10)20-2;/h5-7,11H,3-4,8-9,17H2,1-2H3,(H,18,19);1H. The van der Waals surface area contributed by atoms with E-state index in [0.29, 0.717) is 23.2 Å². The Morgan fingerprint density at radius 3 is 2.71 bits per heavy atom. The van der Waals surface area contributed by atoms with Gasteiger partial charge in [-0.2, -0.15) is 0 Å². The first kappa shape index (κ1) is 18.1. The molecule has 1 aromatic carbocycles. The highest BCUT2D eigenvalue weighted by Crippen LogP contribution is 2.39. The average Bonchev–Trinajstić information content (AvgIpc) is 3.23. The van der Waals surface area contributed by atoms with Gasteiger partial charge < -0.3 is 15.8 Å². The molecule has 1 aromatic rings.